The van der Waals surface area contributed by atoms with E-state index in [-0.39, 0.29) is 20.4 Å². The molecule has 2 rings (SSSR count). The van der Waals surface area contributed by atoms with Crippen molar-refractivity contribution in [3.63, 3.8) is 0 Å². The van der Waals surface area contributed by atoms with Crippen LogP contribution in [0.5, 0.6) is 0 Å². The summed E-state index contributed by atoms with van der Waals surface area (Å²) in [6.07, 6.45) is 0. The van der Waals surface area contributed by atoms with Crippen LogP contribution in [0.2, 0.25) is 0 Å². The van der Waals surface area contributed by atoms with E-state index < -0.39 is 7.25 Å². The summed E-state index contributed by atoms with van der Waals surface area (Å²) < 4.78 is 44.7. The maximum Gasteiger partial charge on any atom is 0.673 e. The van der Waals surface area contributed by atoms with E-state index in [1.54, 1.807) is 7.11 Å². The molecular formula is C11H14BF4NTe. The molecule has 0 amide bonds. The van der Waals surface area contributed by atoms with Gasteiger partial charge in [-0.25, -0.2) is 0 Å². The minimum absolute atomic E-state index is 0.0362. The molecule has 1 nitrogen and oxygen atoms in total. The Morgan fingerprint density at radius 1 is 1.17 bits per heavy atom. The fourth-order valence-electron chi connectivity index (χ4n) is 1.70. The molecule has 0 aliphatic rings. The van der Waals surface area contributed by atoms with Crippen LogP contribution in [0.15, 0.2) is 18.2 Å². The van der Waals surface area contributed by atoms with Crippen molar-refractivity contribution >= 4 is 36.6 Å². The summed E-state index contributed by atoms with van der Waals surface area (Å²) >= 11 is -0.0362. The van der Waals surface area contributed by atoms with Crippen LogP contribution in [0, 0.1) is 13.8 Å². The van der Waals surface area contributed by atoms with Gasteiger partial charge < -0.3 is 17.3 Å². The molecule has 0 radical (unpaired) electrons. The molecule has 1 aromatic carbocycles. The Bertz CT molecular complexity index is 530. The van der Waals surface area contributed by atoms with Crippen molar-refractivity contribution in [2.45, 2.75) is 27.3 Å². The Balaban J connectivity index is 0.000000280. The van der Waals surface area contributed by atoms with Crippen LogP contribution in [0.3, 0.4) is 0 Å². The molecule has 0 unspecified atom stereocenters. The Labute approximate surface area is 113 Å². The predicted molar refractivity (Wildman–Crippen MR) is 66.4 cm³/mol. The number of aromatic nitrogens is 1. The van der Waals surface area contributed by atoms with Gasteiger partial charge in [0.05, 0.1) is 0 Å². The fourth-order valence-corrected chi connectivity index (χ4v) is 4.74. The van der Waals surface area contributed by atoms with Crippen molar-refractivity contribution in [3.05, 3.63) is 27.5 Å². The molecule has 18 heavy (non-hydrogen) atoms. The first-order valence-corrected chi connectivity index (χ1v) is 7.82. The third-order valence-electron chi connectivity index (χ3n) is 2.36. The number of halogens is 4. The van der Waals surface area contributed by atoms with Crippen LogP contribution >= 0.6 is 0 Å². The zero-order chi connectivity index (χ0) is 13.9. The van der Waals surface area contributed by atoms with Gasteiger partial charge in [-0.15, -0.1) is 0 Å². The molecule has 0 bridgehead atoms. The molecule has 0 atom stereocenters. The van der Waals surface area contributed by atoms with Crippen molar-refractivity contribution in [2.24, 2.45) is 0 Å². The van der Waals surface area contributed by atoms with Gasteiger partial charge in [0, 0.05) is 0 Å². The molecule has 1 heterocycles. The van der Waals surface area contributed by atoms with E-state index in [4.69, 9.17) is 0 Å². The van der Waals surface area contributed by atoms with Crippen LogP contribution in [-0.4, -0.2) is 27.7 Å². The molecule has 0 spiro atoms. The zero-order valence-electron chi connectivity index (χ0n) is 10.4. The Kier molecular flexibility index (Phi) is 5.24. The largest absolute Gasteiger partial charge is 0.673 e. The number of rotatable bonds is 1. The maximum atomic E-state index is 9.75. The number of benzene rings is 1. The monoisotopic (exact) mass is 377 g/mol. The van der Waals surface area contributed by atoms with Crippen LogP contribution in [0.4, 0.5) is 17.3 Å². The van der Waals surface area contributed by atoms with E-state index in [0.717, 1.165) is 6.54 Å². The van der Waals surface area contributed by atoms with Crippen molar-refractivity contribution in [1.82, 2.24) is 0 Å². The summed E-state index contributed by atoms with van der Waals surface area (Å²) in [5.74, 6) is 0. The first-order chi connectivity index (χ1) is 8.22. The van der Waals surface area contributed by atoms with E-state index in [1.165, 1.54) is 11.1 Å². The number of hydrogen-bond acceptors (Lipinski definition) is 0. The molecule has 0 saturated carbocycles. The molecule has 0 saturated heterocycles. The van der Waals surface area contributed by atoms with Gasteiger partial charge in [-0.3, -0.25) is 0 Å². The molecule has 0 aliphatic heterocycles. The summed E-state index contributed by atoms with van der Waals surface area (Å²) in [7, 11) is -6.00. The quantitative estimate of drug-likeness (QED) is 0.410. The smallest absolute Gasteiger partial charge is 0.418 e. The molecule has 0 aliphatic carbocycles. The Hall–Kier alpha value is -0.535. The minimum atomic E-state index is -6.00. The number of aryl methyl sites for hydroxylation is 3. The molecule has 0 N–H and O–H groups in total. The normalized spacial score (nSPS) is 11.3. The first-order valence-electron chi connectivity index (χ1n) is 5.49. The van der Waals surface area contributed by atoms with E-state index in [2.05, 4.69) is 43.5 Å². The average Bonchev–Trinajstić information content (AvgIpc) is 2.50. The van der Waals surface area contributed by atoms with Crippen molar-refractivity contribution in [2.75, 3.05) is 0 Å². The maximum absolute atomic E-state index is 9.75. The van der Waals surface area contributed by atoms with Gasteiger partial charge in [0.1, 0.15) is 0 Å². The molecule has 0 fully saturated rings. The van der Waals surface area contributed by atoms with Crippen LogP contribution in [0.1, 0.15) is 16.2 Å². The topological polar surface area (TPSA) is 3.88 Å². The standard InChI is InChI=1S/C11H14NTe.BF4/c1-4-12-9(3)13-11-6-5-8(2)7-10(11)12;2-1(3,4)5/h5-7H,4H2,1-3H3;/q+1;-1. The summed E-state index contributed by atoms with van der Waals surface area (Å²) in [6, 6.07) is 6.86. The van der Waals surface area contributed by atoms with Gasteiger partial charge in [-0.1, -0.05) is 0 Å². The van der Waals surface area contributed by atoms with Gasteiger partial charge >= 0.3 is 96.0 Å². The van der Waals surface area contributed by atoms with E-state index in [1.807, 2.05) is 0 Å². The van der Waals surface area contributed by atoms with Gasteiger partial charge in [0.15, 0.2) is 0 Å². The molecular weight excluding hydrogens is 361 g/mol. The second-order valence-corrected chi connectivity index (χ2v) is 7.36. The van der Waals surface area contributed by atoms with Crippen LogP contribution in [-0.2, 0) is 6.54 Å². The summed E-state index contributed by atoms with van der Waals surface area (Å²) in [5.41, 5.74) is 2.85. The fraction of sp³-hybridized carbons (Fsp3) is 0.364. The molecule has 2 aromatic rings. The molecule has 7 heteroatoms. The zero-order valence-corrected chi connectivity index (χ0v) is 12.7. The van der Waals surface area contributed by atoms with Crippen LogP contribution in [0.25, 0.3) is 8.92 Å². The predicted octanol–water partition coefficient (Wildman–Crippen LogP) is 3.12. The van der Waals surface area contributed by atoms with E-state index in [9.17, 15) is 17.3 Å². The SMILES string of the molecule is CC[n+]1c(C)[te]c2ccc(C)cc21.F[B-](F)(F)F. The van der Waals surface area contributed by atoms with E-state index in [0.29, 0.717) is 0 Å². The van der Waals surface area contributed by atoms with Crippen molar-refractivity contribution in [3.8, 4) is 0 Å². The van der Waals surface area contributed by atoms with Crippen molar-refractivity contribution < 1.29 is 21.8 Å². The second kappa shape index (κ2) is 6.07. The van der Waals surface area contributed by atoms with Gasteiger partial charge in [0.25, 0.3) is 0 Å². The number of nitrogens with zero attached hydrogens (tertiary/aromatic N) is 1. The number of fused-ring (bicyclic) bond motifs is 1. The second-order valence-electron chi connectivity index (χ2n) is 3.83. The van der Waals surface area contributed by atoms with Gasteiger partial charge in [-0.05, 0) is 0 Å². The van der Waals surface area contributed by atoms with Crippen LogP contribution < -0.4 is 4.57 Å². The Morgan fingerprint density at radius 2 is 1.72 bits per heavy atom. The van der Waals surface area contributed by atoms with Crippen molar-refractivity contribution in [1.29, 1.82) is 0 Å². The van der Waals surface area contributed by atoms with E-state index >= 15 is 0 Å². The molecule has 1 aromatic heterocycles. The minimum Gasteiger partial charge on any atom is -0.418 e. The Morgan fingerprint density at radius 3 is 2.22 bits per heavy atom. The van der Waals surface area contributed by atoms with Gasteiger partial charge in [0.2, 0.25) is 0 Å². The average molecular weight is 375 g/mol. The first kappa shape index (κ1) is 15.5. The number of hydrogen-bond donors (Lipinski definition) is 0. The third-order valence-corrected chi connectivity index (χ3v) is 5.44. The van der Waals surface area contributed by atoms with Gasteiger partial charge in [-0.2, -0.15) is 0 Å². The summed E-state index contributed by atoms with van der Waals surface area (Å²) in [6.45, 7) is 7.80. The third kappa shape index (κ3) is 4.62. The summed E-state index contributed by atoms with van der Waals surface area (Å²) in [5, 5.41) is 0. The molecule has 100 valence electrons. The summed E-state index contributed by atoms with van der Waals surface area (Å²) in [4.78, 5) is 0.